The van der Waals surface area contributed by atoms with Gasteiger partial charge in [-0.1, -0.05) is 12.1 Å². The zero-order valence-corrected chi connectivity index (χ0v) is 11.7. The van der Waals surface area contributed by atoms with Crippen molar-refractivity contribution < 1.29 is 0 Å². The van der Waals surface area contributed by atoms with Gasteiger partial charge in [-0.25, -0.2) is 0 Å². The lowest BCUT2D eigenvalue weighted by molar-refractivity contribution is 0.183. The molecule has 1 saturated carbocycles. The maximum atomic E-state index is 6.03. The Hall–Kier alpha value is -1.23. The minimum Gasteiger partial charge on any atom is -0.329 e. The van der Waals surface area contributed by atoms with Crippen molar-refractivity contribution >= 4 is 11.3 Å². The molecule has 0 radical (unpaired) electrons. The fourth-order valence-electron chi connectivity index (χ4n) is 2.52. The zero-order valence-electron chi connectivity index (χ0n) is 10.9. The van der Waals surface area contributed by atoms with Gasteiger partial charge in [0.25, 0.3) is 0 Å². The van der Waals surface area contributed by atoms with Gasteiger partial charge in [0.2, 0.25) is 0 Å². The molecule has 0 aliphatic heterocycles. The van der Waals surface area contributed by atoms with Gasteiger partial charge in [-0.05, 0) is 35.9 Å². The Morgan fingerprint density at radius 1 is 1.37 bits per heavy atom. The van der Waals surface area contributed by atoms with Crippen LogP contribution in [-0.2, 0) is 6.54 Å². The molecule has 0 bridgehead atoms. The summed E-state index contributed by atoms with van der Waals surface area (Å²) in [5.74, 6) is 0. The molecule has 2 N–H and O–H groups in total. The number of hydrogen-bond donors (Lipinski definition) is 1. The Morgan fingerprint density at radius 3 is 2.84 bits per heavy atom. The number of nitrogens with two attached hydrogens (primary N) is 1. The summed E-state index contributed by atoms with van der Waals surface area (Å²) in [7, 11) is 0. The Kier molecular flexibility index (Phi) is 3.92. The largest absolute Gasteiger partial charge is 0.329 e. The summed E-state index contributed by atoms with van der Waals surface area (Å²) >= 11 is 1.82. The molecule has 3 rings (SSSR count). The monoisotopic (exact) mass is 273 g/mol. The third kappa shape index (κ3) is 3.03. The molecule has 3 nitrogen and oxygen atoms in total. The third-order valence-electron chi connectivity index (χ3n) is 3.63. The lowest BCUT2D eigenvalue weighted by Crippen LogP contribution is -2.35. The maximum absolute atomic E-state index is 6.03. The molecule has 19 heavy (non-hydrogen) atoms. The summed E-state index contributed by atoms with van der Waals surface area (Å²) in [4.78, 5) is 8.19. The zero-order chi connectivity index (χ0) is 13.1. The van der Waals surface area contributed by atoms with Gasteiger partial charge in [0.1, 0.15) is 0 Å². The fraction of sp³-hybridized carbons (Fsp3) is 0.400. The van der Waals surface area contributed by atoms with Crippen molar-refractivity contribution in [1.29, 1.82) is 0 Å². The SMILES string of the molecule is NCC(c1cccnc1)N(Cc1cccs1)C1CC1. The standard InChI is InChI=1S/C15H19N3S/c16-9-15(12-3-1-7-17-10-12)18(13-5-6-13)11-14-4-2-8-19-14/h1-4,7-8,10,13,15H,5-6,9,11,16H2. The number of rotatable bonds is 6. The van der Waals surface area contributed by atoms with Gasteiger partial charge in [0, 0.05) is 42.4 Å². The topological polar surface area (TPSA) is 42.1 Å². The highest BCUT2D eigenvalue weighted by molar-refractivity contribution is 7.09. The van der Waals surface area contributed by atoms with E-state index < -0.39 is 0 Å². The van der Waals surface area contributed by atoms with Crippen LogP contribution in [0.25, 0.3) is 0 Å². The Balaban J connectivity index is 1.81. The number of aromatic nitrogens is 1. The van der Waals surface area contributed by atoms with Crippen LogP contribution in [0.5, 0.6) is 0 Å². The van der Waals surface area contributed by atoms with Gasteiger partial charge in [-0.3, -0.25) is 9.88 Å². The molecule has 1 atom stereocenters. The van der Waals surface area contributed by atoms with Gasteiger partial charge < -0.3 is 5.73 Å². The van der Waals surface area contributed by atoms with Gasteiger partial charge in [-0.2, -0.15) is 0 Å². The molecule has 2 aromatic heterocycles. The van der Waals surface area contributed by atoms with E-state index in [0.717, 1.165) is 6.54 Å². The Labute approximate surface area is 118 Å². The number of hydrogen-bond acceptors (Lipinski definition) is 4. The normalized spacial score (nSPS) is 16.7. The number of thiophene rings is 1. The van der Waals surface area contributed by atoms with E-state index in [1.165, 1.54) is 23.3 Å². The molecule has 100 valence electrons. The highest BCUT2D eigenvalue weighted by Gasteiger charge is 2.34. The van der Waals surface area contributed by atoms with E-state index in [9.17, 15) is 0 Å². The van der Waals surface area contributed by atoms with E-state index in [4.69, 9.17) is 5.73 Å². The van der Waals surface area contributed by atoms with Crippen LogP contribution >= 0.6 is 11.3 Å². The van der Waals surface area contributed by atoms with E-state index in [1.54, 1.807) is 0 Å². The van der Waals surface area contributed by atoms with E-state index in [1.807, 2.05) is 29.8 Å². The van der Waals surface area contributed by atoms with Crippen molar-refractivity contribution in [3.63, 3.8) is 0 Å². The van der Waals surface area contributed by atoms with Crippen molar-refractivity contribution in [2.45, 2.75) is 31.5 Å². The van der Waals surface area contributed by atoms with E-state index in [-0.39, 0.29) is 6.04 Å². The molecule has 2 heterocycles. The van der Waals surface area contributed by atoms with Crippen LogP contribution in [0.4, 0.5) is 0 Å². The van der Waals surface area contributed by atoms with Crippen molar-refractivity contribution in [3.8, 4) is 0 Å². The quantitative estimate of drug-likeness (QED) is 0.880. The summed E-state index contributed by atoms with van der Waals surface area (Å²) in [6.07, 6.45) is 6.35. The van der Waals surface area contributed by atoms with Crippen molar-refractivity contribution in [2.75, 3.05) is 6.54 Å². The summed E-state index contributed by atoms with van der Waals surface area (Å²) in [5.41, 5.74) is 7.26. The van der Waals surface area contributed by atoms with Crippen LogP contribution in [0.1, 0.15) is 29.3 Å². The van der Waals surface area contributed by atoms with Crippen LogP contribution in [0.15, 0.2) is 42.0 Å². The molecule has 1 aliphatic rings. The first kappa shape index (κ1) is 12.8. The van der Waals surface area contributed by atoms with Crippen LogP contribution < -0.4 is 5.73 Å². The van der Waals surface area contributed by atoms with Crippen LogP contribution in [0.2, 0.25) is 0 Å². The first-order chi connectivity index (χ1) is 9.38. The van der Waals surface area contributed by atoms with Gasteiger partial charge in [0.05, 0.1) is 0 Å². The van der Waals surface area contributed by atoms with Gasteiger partial charge >= 0.3 is 0 Å². The van der Waals surface area contributed by atoms with E-state index in [0.29, 0.717) is 12.6 Å². The lowest BCUT2D eigenvalue weighted by atomic mass is 10.1. The van der Waals surface area contributed by atoms with Gasteiger partial charge in [0.15, 0.2) is 0 Å². The molecule has 1 fully saturated rings. The Morgan fingerprint density at radius 2 is 2.26 bits per heavy atom. The van der Waals surface area contributed by atoms with Crippen molar-refractivity contribution in [3.05, 3.63) is 52.5 Å². The summed E-state index contributed by atoms with van der Waals surface area (Å²) in [5, 5.41) is 2.14. The molecule has 1 aliphatic carbocycles. The van der Waals surface area contributed by atoms with Crippen LogP contribution in [-0.4, -0.2) is 22.5 Å². The molecule has 2 aromatic rings. The minimum atomic E-state index is 0.281. The maximum Gasteiger partial charge on any atom is 0.0492 e. The summed E-state index contributed by atoms with van der Waals surface area (Å²) in [6, 6.07) is 9.42. The predicted molar refractivity (Wildman–Crippen MR) is 78.9 cm³/mol. The highest BCUT2D eigenvalue weighted by Crippen LogP contribution is 2.35. The first-order valence-electron chi connectivity index (χ1n) is 6.76. The van der Waals surface area contributed by atoms with E-state index in [2.05, 4.69) is 33.5 Å². The molecule has 1 unspecified atom stereocenters. The van der Waals surface area contributed by atoms with Crippen LogP contribution in [0.3, 0.4) is 0 Å². The minimum absolute atomic E-state index is 0.281. The molecule has 0 saturated heterocycles. The van der Waals surface area contributed by atoms with Crippen molar-refractivity contribution in [2.24, 2.45) is 5.73 Å². The molecule has 4 heteroatoms. The summed E-state index contributed by atoms with van der Waals surface area (Å²) in [6.45, 7) is 1.65. The van der Waals surface area contributed by atoms with Crippen molar-refractivity contribution in [1.82, 2.24) is 9.88 Å². The fourth-order valence-corrected chi connectivity index (χ4v) is 3.23. The van der Waals surface area contributed by atoms with E-state index >= 15 is 0 Å². The Bertz CT molecular complexity index is 493. The number of nitrogens with zero attached hydrogens (tertiary/aromatic N) is 2. The molecular weight excluding hydrogens is 254 g/mol. The second kappa shape index (κ2) is 5.82. The molecule has 0 spiro atoms. The van der Waals surface area contributed by atoms with Gasteiger partial charge in [-0.15, -0.1) is 11.3 Å². The molecule has 0 aromatic carbocycles. The average molecular weight is 273 g/mol. The second-order valence-corrected chi connectivity index (χ2v) is 6.05. The number of pyridine rings is 1. The molecule has 0 amide bonds. The second-order valence-electron chi connectivity index (χ2n) is 5.02. The third-order valence-corrected chi connectivity index (χ3v) is 4.49. The smallest absolute Gasteiger partial charge is 0.0492 e. The average Bonchev–Trinajstić information content (AvgIpc) is 3.17. The highest BCUT2D eigenvalue weighted by atomic mass is 32.1. The molecular formula is C15H19N3S. The summed E-state index contributed by atoms with van der Waals surface area (Å²) < 4.78 is 0. The first-order valence-corrected chi connectivity index (χ1v) is 7.64. The lowest BCUT2D eigenvalue weighted by Gasteiger charge is -2.30. The predicted octanol–water partition coefficient (Wildman–Crippen LogP) is 2.81. The van der Waals surface area contributed by atoms with Crippen LogP contribution in [0, 0.1) is 0 Å².